The highest BCUT2D eigenvalue weighted by Crippen LogP contribution is 2.33. The highest BCUT2D eigenvalue weighted by atomic mass is 32.1. The standard InChI is InChI=1S/C12H16N4OS/c1-12(11(14)17)3-5-16(7-12)9-6-15-4-2-8(9)10(13)18/h2,4,6H,3,5,7H2,1H3,(H2,13,18)(H2,14,17). The van der Waals surface area contributed by atoms with Gasteiger partial charge < -0.3 is 16.4 Å². The van der Waals surface area contributed by atoms with Gasteiger partial charge >= 0.3 is 0 Å². The molecule has 18 heavy (non-hydrogen) atoms. The number of hydrogen-bond acceptors (Lipinski definition) is 4. The fraction of sp³-hybridized carbons (Fsp3) is 0.417. The van der Waals surface area contributed by atoms with E-state index < -0.39 is 5.41 Å². The van der Waals surface area contributed by atoms with Crippen LogP contribution in [-0.2, 0) is 4.79 Å². The van der Waals surface area contributed by atoms with Crippen LogP contribution in [0.15, 0.2) is 18.5 Å². The summed E-state index contributed by atoms with van der Waals surface area (Å²) in [5.74, 6) is -0.272. The molecule has 2 heterocycles. The van der Waals surface area contributed by atoms with Crippen LogP contribution in [-0.4, -0.2) is 29.0 Å². The molecule has 0 aromatic carbocycles. The SMILES string of the molecule is CC1(C(N)=O)CCN(c2cnccc2C(N)=S)C1. The second-order valence-corrected chi connectivity index (χ2v) is 5.29. The zero-order chi connectivity index (χ0) is 13.3. The van der Waals surface area contributed by atoms with Crippen molar-refractivity contribution in [2.45, 2.75) is 13.3 Å². The van der Waals surface area contributed by atoms with E-state index >= 15 is 0 Å². The minimum atomic E-state index is -0.497. The summed E-state index contributed by atoms with van der Waals surface area (Å²) in [7, 11) is 0. The Morgan fingerprint density at radius 3 is 2.83 bits per heavy atom. The summed E-state index contributed by atoms with van der Waals surface area (Å²) in [6.45, 7) is 3.20. The number of amides is 1. The average Bonchev–Trinajstić information content (AvgIpc) is 2.73. The lowest BCUT2D eigenvalue weighted by Crippen LogP contribution is -2.37. The van der Waals surface area contributed by atoms with Gasteiger partial charge in [-0.3, -0.25) is 9.78 Å². The average molecular weight is 264 g/mol. The molecule has 0 saturated carbocycles. The number of pyridine rings is 1. The first-order chi connectivity index (χ1) is 8.44. The molecule has 0 radical (unpaired) electrons. The molecule has 2 rings (SSSR count). The molecule has 1 unspecified atom stereocenters. The van der Waals surface area contributed by atoms with Gasteiger partial charge in [0.2, 0.25) is 5.91 Å². The summed E-state index contributed by atoms with van der Waals surface area (Å²) in [5.41, 5.74) is 12.3. The van der Waals surface area contributed by atoms with Crippen LogP contribution in [0.2, 0.25) is 0 Å². The zero-order valence-corrected chi connectivity index (χ0v) is 11.0. The van der Waals surface area contributed by atoms with Crippen LogP contribution >= 0.6 is 12.2 Å². The van der Waals surface area contributed by atoms with E-state index in [-0.39, 0.29) is 5.91 Å². The van der Waals surface area contributed by atoms with Crippen molar-refractivity contribution in [3.05, 3.63) is 24.0 Å². The van der Waals surface area contributed by atoms with E-state index in [1.807, 2.05) is 6.92 Å². The number of primary amides is 1. The number of aromatic nitrogens is 1. The molecule has 1 fully saturated rings. The molecule has 96 valence electrons. The third kappa shape index (κ3) is 2.15. The molecule has 6 heteroatoms. The van der Waals surface area contributed by atoms with Crippen molar-refractivity contribution in [2.24, 2.45) is 16.9 Å². The van der Waals surface area contributed by atoms with Crippen molar-refractivity contribution in [1.29, 1.82) is 0 Å². The van der Waals surface area contributed by atoms with E-state index in [0.717, 1.165) is 24.2 Å². The van der Waals surface area contributed by atoms with Crippen molar-refractivity contribution in [2.75, 3.05) is 18.0 Å². The number of thiocarbonyl (C=S) groups is 1. The Labute approximate surface area is 111 Å². The molecule has 0 spiro atoms. The Morgan fingerprint density at radius 1 is 1.56 bits per heavy atom. The lowest BCUT2D eigenvalue weighted by atomic mass is 9.89. The van der Waals surface area contributed by atoms with Crippen molar-refractivity contribution in [3.63, 3.8) is 0 Å². The van der Waals surface area contributed by atoms with Crippen LogP contribution in [0.4, 0.5) is 5.69 Å². The van der Waals surface area contributed by atoms with Crippen LogP contribution in [0.3, 0.4) is 0 Å². The Bertz CT molecular complexity index is 505. The normalized spacial score (nSPS) is 23.1. The van der Waals surface area contributed by atoms with Crippen LogP contribution in [0.1, 0.15) is 18.9 Å². The van der Waals surface area contributed by atoms with Gasteiger partial charge in [-0.05, 0) is 19.4 Å². The van der Waals surface area contributed by atoms with Gasteiger partial charge in [0.15, 0.2) is 0 Å². The Hall–Kier alpha value is -1.69. The number of rotatable bonds is 3. The minimum Gasteiger partial charge on any atom is -0.389 e. The zero-order valence-electron chi connectivity index (χ0n) is 10.2. The van der Waals surface area contributed by atoms with Gasteiger partial charge in [0.1, 0.15) is 4.99 Å². The monoisotopic (exact) mass is 264 g/mol. The lowest BCUT2D eigenvalue weighted by Gasteiger charge is -2.23. The highest BCUT2D eigenvalue weighted by Gasteiger charge is 2.39. The van der Waals surface area contributed by atoms with E-state index in [1.54, 1.807) is 18.5 Å². The predicted molar refractivity (Wildman–Crippen MR) is 74.3 cm³/mol. The van der Waals surface area contributed by atoms with Gasteiger partial charge in [-0.1, -0.05) is 12.2 Å². The van der Waals surface area contributed by atoms with Gasteiger partial charge in [-0.15, -0.1) is 0 Å². The second-order valence-electron chi connectivity index (χ2n) is 4.85. The summed E-state index contributed by atoms with van der Waals surface area (Å²) in [5, 5.41) is 0. The Morgan fingerprint density at radius 2 is 2.28 bits per heavy atom. The van der Waals surface area contributed by atoms with Crippen LogP contribution in [0.5, 0.6) is 0 Å². The topological polar surface area (TPSA) is 85.2 Å². The number of carbonyl (C=O) groups excluding carboxylic acids is 1. The molecule has 0 aliphatic carbocycles. The molecule has 5 nitrogen and oxygen atoms in total. The smallest absolute Gasteiger partial charge is 0.225 e. The van der Waals surface area contributed by atoms with Crippen LogP contribution < -0.4 is 16.4 Å². The molecular formula is C12H16N4OS. The molecule has 4 N–H and O–H groups in total. The third-order valence-corrected chi connectivity index (χ3v) is 3.69. The maximum absolute atomic E-state index is 11.4. The van der Waals surface area contributed by atoms with Crippen molar-refractivity contribution in [3.8, 4) is 0 Å². The van der Waals surface area contributed by atoms with Crippen molar-refractivity contribution < 1.29 is 4.79 Å². The van der Waals surface area contributed by atoms with E-state index in [0.29, 0.717) is 11.5 Å². The largest absolute Gasteiger partial charge is 0.389 e. The summed E-state index contributed by atoms with van der Waals surface area (Å²) >= 11 is 5.03. The van der Waals surface area contributed by atoms with E-state index in [2.05, 4.69) is 9.88 Å². The van der Waals surface area contributed by atoms with Crippen molar-refractivity contribution in [1.82, 2.24) is 4.98 Å². The third-order valence-electron chi connectivity index (χ3n) is 3.47. The van der Waals surface area contributed by atoms with Gasteiger partial charge in [-0.25, -0.2) is 0 Å². The summed E-state index contributed by atoms with van der Waals surface area (Å²) in [6.07, 6.45) is 4.11. The Kier molecular flexibility index (Phi) is 3.21. The minimum absolute atomic E-state index is 0.272. The summed E-state index contributed by atoms with van der Waals surface area (Å²) in [6, 6.07) is 1.79. The first kappa shape index (κ1) is 12.8. The molecule has 1 amide bonds. The fourth-order valence-electron chi connectivity index (χ4n) is 2.21. The first-order valence-corrected chi connectivity index (χ1v) is 6.13. The number of nitrogens with zero attached hydrogens (tertiary/aromatic N) is 2. The van der Waals surface area contributed by atoms with Gasteiger partial charge in [0.25, 0.3) is 0 Å². The molecular weight excluding hydrogens is 248 g/mol. The number of carbonyl (C=O) groups is 1. The van der Waals surface area contributed by atoms with Gasteiger partial charge in [0, 0.05) is 24.8 Å². The highest BCUT2D eigenvalue weighted by molar-refractivity contribution is 7.80. The number of hydrogen-bond donors (Lipinski definition) is 2. The molecule has 1 saturated heterocycles. The molecule has 1 aliphatic heterocycles. The molecule has 1 aromatic rings. The quantitative estimate of drug-likeness (QED) is 0.773. The van der Waals surface area contributed by atoms with E-state index in [4.69, 9.17) is 23.7 Å². The molecule has 0 bridgehead atoms. The summed E-state index contributed by atoms with van der Waals surface area (Å²) in [4.78, 5) is 17.9. The molecule has 1 aliphatic rings. The van der Waals surface area contributed by atoms with E-state index in [1.165, 1.54) is 0 Å². The fourth-order valence-corrected chi connectivity index (χ4v) is 2.39. The summed E-state index contributed by atoms with van der Waals surface area (Å²) < 4.78 is 0. The van der Waals surface area contributed by atoms with Crippen molar-refractivity contribution >= 4 is 28.8 Å². The van der Waals surface area contributed by atoms with E-state index in [9.17, 15) is 4.79 Å². The van der Waals surface area contributed by atoms with Crippen LogP contribution in [0.25, 0.3) is 0 Å². The number of nitrogens with two attached hydrogens (primary N) is 2. The predicted octanol–water partition coefficient (Wildman–Crippen LogP) is 0.417. The first-order valence-electron chi connectivity index (χ1n) is 5.73. The Balaban J connectivity index is 2.30. The maximum Gasteiger partial charge on any atom is 0.225 e. The van der Waals surface area contributed by atoms with Gasteiger partial charge in [-0.2, -0.15) is 0 Å². The van der Waals surface area contributed by atoms with Gasteiger partial charge in [0.05, 0.1) is 17.3 Å². The maximum atomic E-state index is 11.4. The molecule has 1 atom stereocenters. The second kappa shape index (κ2) is 4.53. The lowest BCUT2D eigenvalue weighted by molar-refractivity contribution is -0.125. The van der Waals surface area contributed by atoms with Crippen LogP contribution in [0, 0.1) is 5.41 Å². The molecule has 1 aromatic heterocycles. The number of anilines is 1.